The number of halogens is 1. The minimum atomic E-state index is -1.35. The van der Waals surface area contributed by atoms with Gasteiger partial charge in [-0.05, 0) is 32.0 Å². The predicted octanol–water partition coefficient (Wildman–Crippen LogP) is 2.28. The molecule has 0 aliphatic carbocycles. The van der Waals surface area contributed by atoms with Gasteiger partial charge in [0, 0.05) is 12.8 Å². The molecule has 0 atom stereocenters. The molecule has 2 N–H and O–H groups in total. The van der Waals surface area contributed by atoms with Crippen LogP contribution in [0.25, 0.3) is 0 Å². The number of ether oxygens (including phenoxy) is 1. The van der Waals surface area contributed by atoms with E-state index in [2.05, 4.69) is 5.32 Å². The first kappa shape index (κ1) is 15.1. The number of anilines is 1. The van der Waals surface area contributed by atoms with E-state index >= 15 is 0 Å². The summed E-state index contributed by atoms with van der Waals surface area (Å²) in [5, 5.41) is 11.2. The van der Waals surface area contributed by atoms with Gasteiger partial charge in [0.2, 0.25) is 5.91 Å². The van der Waals surface area contributed by atoms with Crippen molar-refractivity contribution in [3.05, 3.63) is 29.6 Å². The molecule has 0 saturated carbocycles. The zero-order valence-corrected chi connectivity index (χ0v) is 11.0. The molecule has 0 aromatic heterocycles. The van der Waals surface area contributed by atoms with E-state index in [1.165, 1.54) is 13.2 Å². The lowest BCUT2D eigenvalue weighted by Gasteiger charge is -2.21. The molecule has 0 unspecified atom stereocenters. The van der Waals surface area contributed by atoms with Crippen LogP contribution in [0.15, 0.2) is 18.2 Å². The number of carboxylic acid groups (broad SMARTS) is 1. The van der Waals surface area contributed by atoms with E-state index in [1.54, 1.807) is 13.8 Å². The summed E-state index contributed by atoms with van der Waals surface area (Å²) in [5.41, 5.74) is -0.849. The molecule has 1 rings (SSSR count). The fourth-order valence-corrected chi connectivity index (χ4v) is 1.43. The molecule has 1 aromatic carbocycles. The van der Waals surface area contributed by atoms with Crippen LogP contribution in [0.5, 0.6) is 0 Å². The fourth-order valence-electron chi connectivity index (χ4n) is 1.43. The first-order valence-electron chi connectivity index (χ1n) is 5.63. The highest BCUT2D eigenvalue weighted by molar-refractivity contribution is 5.93. The van der Waals surface area contributed by atoms with Crippen molar-refractivity contribution in [2.45, 2.75) is 25.9 Å². The minimum absolute atomic E-state index is 0.103. The maximum atomic E-state index is 13.4. The molecule has 0 heterocycles. The second kappa shape index (κ2) is 5.79. The summed E-state index contributed by atoms with van der Waals surface area (Å²) in [4.78, 5) is 22.3. The predicted molar refractivity (Wildman–Crippen MR) is 67.7 cm³/mol. The molecule has 104 valence electrons. The largest absolute Gasteiger partial charge is 0.478 e. The number of aromatic carboxylic acids is 1. The molecule has 5 nitrogen and oxygen atoms in total. The third-order valence-corrected chi connectivity index (χ3v) is 2.62. The zero-order chi connectivity index (χ0) is 14.6. The van der Waals surface area contributed by atoms with Gasteiger partial charge in [0.25, 0.3) is 0 Å². The number of nitrogens with one attached hydrogen (secondary N) is 1. The molecular weight excluding hydrogens is 253 g/mol. The average Bonchev–Trinajstić information content (AvgIpc) is 2.27. The van der Waals surface area contributed by atoms with E-state index in [9.17, 15) is 14.0 Å². The van der Waals surface area contributed by atoms with Gasteiger partial charge in [-0.15, -0.1) is 0 Å². The SMILES string of the molecule is COC(C)(C)CC(=O)Nc1ccc(C(=O)O)c(F)c1. The lowest BCUT2D eigenvalue weighted by atomic mass is 10.0. The van der Waals surface area contributed by atoms with Crippen LogP contribution >= 0.6 is 0 Å². The van der Waals surface area contributed by atoms with Crippen LogP contribution in [0.2, 0.25) is 0 Å². The Balaban J connectivity index is 2.76. The van der Waals surface area contributed by atoms with Crippen molar-refractivity contribution >= 4 is 17.6 Å². The van der Waals surface area contributed by atoms with E-state index in [4.69, 9.17) is 9.84 Å². The lowest BCUT2D eigenvalue weighted by Crippen LogP contribution is -2.29. The smallest absolute Gasteiger partial charge is 0.338 e. The second-order valence-corrected chi connectivity index (χ2v) is 4.69. The maximum Gasteiger partial charge on any atom is 0.338 e. The van der Waals surface area contributed by atoms with Crippen LogP contribution in [-0.2, 0) is 9.53 Å². The van der Waals surface area contributed by atoms with Gasteiger partial charge < -0.3 is 15.2 Å². The van der Waals surface area contributed by atoms with E-state index in [1.807, 2.05) is 0 Å². The number of hydrogen-bond donors (Lipinski definition) is 2. The molecule has 1 amide bonds. The van der Waals surface area contributed by atoms with Crippen molar-refractivity contribution < 1.29 is 23.8 Å². The number of carboxylic acids is 1. The van der Waals surface area contributed by atoms with Crippen LogP contribution in [0.4, 0.5) is 10.1 Å². The highest BCUT2D eigenvalue weighted by Crippen LogP contribution is 2.17. The number of carbonyl (C=O) groups is 2. The molecule has 6 heteroatoms. The molecule has 1 aromatic rings. The van der Waals surface area contributed by atoms with Crippen molar-refractivity contribution in [1.82, 2.24) is 0 Å². The third kappa shape index (κ3) is 4.33. The molecule has 0 saturated heterocycles. The van der Waals surface area contributed by atoms with Gasteiger partial charge in [0.05, 0.1) is 17.6 Å². The Morgan fingerprint density at radius 1 is 1.42 bits per heavy atom. The number of amides is 1. The van der Waals surface area contributed by atoms with E-state index in [0.29, 0.717) is 0 Å². The molecule has 0 radical (unpaired) electrons. The zero-order valence-electron chi connectivity index (χ0n) is 11.0. The van der Waals surface area contributed by atoms with E-state index in [0.717, 1.165) is 12.1 Å². The van der Waals surface area contributed by atoms with Gasteiger partial charge >= 0.3 is 5.97 Å². The summed E-state index contributed by atoms with van der Waals surface area (Å²) in [6, 6.07) is 3.42. The highest BCUT2D eigenvalue weighted by atomic mass is 19.1. The number of carbonyl (C=O) groups excluding carboxylic acids is 1. The van der Waals surface area contributed by atoms with Gasteiger partial charge in [0.15, 0.2) is 0 Å². The number of methoxy groups -OCH3 is 1. The fraction of sp³-hybridized carbons (Fsp3) is 0.385. The van der Waals surface area contributed by atoms with Crippen molar-refractivity contribution in [3.8, 4) is 0 Å². The Labute approximate surface area is 110 Å². The Morgan fingerprint density at radius 3 is 2.53 bits per heavy atom. The molecule has 0 aliphatic heterocycles. The van der Waals surface area contributed by atoms with Crippen LogP contribution in [0.1, 0.15) is 30.6 Å². The number of rotatable bonds is 5. The molecule has 0 aliphatic rings. The first-order chi connectivity index (χ1) is 8.75. The van der Waals surface area contributed by atoms with Gasteiger partial charge in [-0.3, -0.25) is 4.79 Å². The molecule has 0 bridgehead atoms. The van der Waals surface area contributed by atoms with Gasteiger partial charge in [-0.1, -0.05) is 0 Å². The average molecular weight is 269 g/mol. The number of hydrogen-bond acceptors (Lipinski definition) is 3. The monoisotopic (exact) mass is 269 g/mol. The summed E-state index contributed by atoms with van der Waals surface area (Å²) in [7, 11) is 1.49. The van der Waals surface area contributed by atoms with Gasteiger partial charge in [0.1, 0.15) is 5.82 Å². The van der Waals surface area contributed by atoms with E-state index < -0.39 is 23.0 Å². The van der Waals surface area contributed by atoms with Crippen LogP contribution < -0.4 is 5.32 Å². The van der Waals surface area contributed by atoms with Crippen molar-refractivity contribution in [3.63, 3.8) is 0 Å². The first-order valence-corrected chi connectivity index (χ1v) is 5.63. The third-order valence-electron chi connectivity index (χ3n) is 2.62. The Hall–Kier alpha value is -1.95. The summed E-state index contributed by atoms with van der Waals surface area (Å²) < 4.78 is 18.5. The van der Waals surface area contributed by atoms with Gasteiger partial charge in [-0.25, -0.2) is 9.18 Å². The van der Waals surface area contributed by atoms with Crippen LogP contribution in [-0.4, -0.2) is 29.7 Å². The Bertz CT molecular complexity index is 499. The Morgan fingerprint density at radius 2 is 2.05 bits per heavy atom. The summed E-state index contributed by atoms with van der Waals surface area (Å²) >= 11 is 0. The van der Waals surface area contributed by atoms with Crippen molar-refractivity contribution in [1.29, 1.82) is 0 Å². The summed E-state index contributed by atoms with van der Waals surface area (Å²) in [5.74, 6) is -2.58. The quantitative estimate of drug-likeness (QED) is 0.859. The van der Waals surface area contributed by atoms with Crippen LogP contribution in [0, 0.1) is 5.82 Å². The van der Waals surface area contributed by atoms with Crippen LogP contribution in [0.3, 0.4) is 0 Å². The van der Waals surface area contributed by atoms with Crippen molar-refractivity contribution in [2.75, 3.05) is 12.4 Å². The second-order valence-electron chi connectivity index (χ2n) is 4.69. The summed E-state index contributed by atoms with van der Waals surface area (Å²) in [6.45, 7) is 3.50. The summed E-state index contributed by atoms with van der Waals surface area (Å²) in [6.07, 6.45) is 0.103. The Kier molecular flexibility index (Phi) is 4.61. The highest BCUT2D eigenvalue weighted by Gasteiger charge is 2.21. The van der Waals surface area contributed by atoms with Gasteiger partial charge in [-0.2, -0.15) is 0 Å². The molecule has 0 spiro atoms. The normalized spacial score (nSPS) is 11.2. The molecule has 19 heavy (non-hydrogen) atoms. The molecule has 0 fully saturated rings. The standard InChI is InChI=1S/C13H16FNO4/c1-13(2,19-3)7-11(16)15-8-4-5-9(12(17)18)10(14)6-8/h4-6H,7H2,1-3H3,(H,15,16)(H,17,18). The lowest BCUT2D eigenvalue weighted by molar-refractivity contribution is -0.121. The minimum Gasteiger partial charge on any atom is -0.478 e. The number of benzene rings is 1. The molecular formula is C13H16FNO4. The van der Waals surface area contributed by atoms with E-state index in [-0.39, 0.29) is 18.0 Å². The topological polar surface area (TPSA) is 75.6 Å². The van der Waals surface area contributed by atoms with Crippen molar-refractivity contribution in [2.24, 2.45) is 0 Å². The maximum absolute atomic E-state index is 13.4.